The highest BCUT2D eigenvalue weighted by molar-refractivity contribution is 4.93. The van der Waals surface area contributed by atoms with E-state index in [0.717, 1.165) is 0 Å². The van der Waals surface area contributed by atoms with Crippen molar-refractivity contribution in [3.05, 3.63) is 0 Å². The van der Waals surface area contributed by atoms with Gasteiger partial charge in [0.1, 0.15) is 30.5 Å². The summed E-state index contributed by atoms with van der Waals surface area (Å²) in [5.74, 6) is -0.533. The summed E-state index contributed by atoms with van der Waals surface area (Å²) in [5, 5.41) is 59.0. The summed E-state index contributed by atoms with van der Waals surface area (Å²) in [4.78, 5) is 0. The van der Waals surface area contributed by atoms with E-state index in [4.69, 9.17) is 18.9 Å². The quantitative estimate of drug-likeness (QED) is 0.298. The Bertz CT molecular complexity index is 393. The highest BCUT2D eigenvalue weighted by Gasteiger charge is 2.49. The van der Waals surface area contributed by atoms with Gasteiger partial charge in [-0.05, 0) is 0 Å². The second kappa shape index (κ2) is 9.51. The van der Waals surface area contributed by atoms with Gasteiger partial charge in [0.15, 0.2) is 12.6 Å². The van der Waals surface area contributed by atoms with Crippen molar-refractivity contribution >= 4 is 0 Å². The van der Waals surface area contributed by atoms with Gasteiger partial charge in [-0.3, -0.25) is 0 Å². The maximum Gasteiger partial charge on any atom is 0.187 e. The lowest BCUT2D eigenvalue weighted by Crippen LogP contribution is -2.63. The molecule has 2 heterocycles. The average molecular weight is 370 g/mol. The Kier molecular flexibility index (Phi) is 8.61. The van der Waals surface area contributed by atoms with E-state index in [2.05, 4.69) is 0 Å². The molecular formula is C15H30O10. The molecular weight excluding hydrogens is 340 g/mol. The molecule has 10 heteroatoms. The average Bonchev–Trinajstić information content (AvgIpc) is 2.59. The number of methoxy groups -OCH3 is 1. The minimum absolute atomic E-state index is 0. The topological polar surface area (TPSA) is 158 Å². The third-order valence-corrected chi connectivity index (χ3v) is 4.59. The SMILES string of the molecule is C.CO[C@H]1O[C@H](CO)[C@@H](O[C@H]2O[C@H](CO)[C@@H](C)[C@H](O)[C@H]2O)[C@H](O)[C@H]1O. The molecule has 150 valence electrons. The summed E-state index contributed by atoms with van der Waals surface area (Å²) in [6.45, 7) is 0.666. The molecule has 0 aliphatic carbocycles. The van der Waals surface area contributed by atoms with Crippen LogP contribution in [0.15, 0.2) is 0 Å². The summed E-state index contributed by atoms with van der Waals surface area (Å²) in [7, 11) is 1.27. The maximum atomic E-state index is 10.2. The Hall–Kier alpha value is -0.400. The van der Waals surface area contributed by atoms with E-state index in [0.29, 0.717) is 0 Å². The van der Waals surface area contributed by atoms with Crippen molar-refractivity contribution in [3.8, 4) is 0 Å². The van der Waals surface area contributed by atoms with E-state index >= 15 is 0 Å². The summed E-state index contributed by atoms with van der Waals surface area (Å²) in [6, 6.07) is 0. The van der Waals surface area contributed by atoms with Gasteiger partial charge in [-0.1, -0.05) is 14.4 Å². The van der Waals surface area contributed by atoms with Gasteiger partial charge in [-0.2, -0.15) is 0 Å². The highest BCUT2D eigenvalue weighted by Crippen LogP contribution is 2.31. The Labute approximate surface area is 146 Å². The van der Waals surface area contributed by atoms with Crippen LogP contribution < -0.4 is 0 Å². The molecule has 10 atom stereocenters. The van der Waals surface area contributed by atoms with Crippen molar-refractivity contribution in [2.45, 2.75) is 69.7 Å². The van der Waals surface area contributed by atoms with E-state index < -0.39 is 74.4 Å². The van der Waals surface area contributed by atoms with E-state index in [1.165, 1.54) is 7.11 Å². The first-order chi connectivity index (χ1) is 11.3. The number of hydrogen-bond donors (Lipinski definition) is 6. The van der Waals surface area contributed by atoms with Gasteiger partial charge >= 0.3 is 0 Å². The molecule has 25 heavy (non-hydrogen) atoms. The number of rotatable bonds is 5. The predicted molar refractivity (Wildman–Crippen MR) is 83.3 cm³/mol. The predicted octanol–water partition coefficient (Wildman–Crippen LogP) is -2.83. The molecule has 0 amide bonds. The molecule has 0 bridgehead atoms. The zero-order valence-corrected chi connectivity index (χ0v) is 13.5. The van der Waals surface area contributed by atoms with E-state index in [9.17, 15) is 30.6 Å². The largest absolute Gasteiger partial charge is 0.394 e. The van der Waals surface area contributed by atoms with Crippen LogP contribution in [0.5, 0.6) is 0 Å². The Morgan fingerprint density at radius 3 is 1.84 bits per heavy atom. The lowest BCUT2D eigenvalue weighted by Gasteiger charge is -2.46. The van der Waals surface area contributed by atoms with Crippen LogP contribution in [0.3, 0.4) is 0 Å². The van der Waals surface area contributed by atoms with Gasteiger partial charge in [0.2, 0.25) is 0 Å². The van der Waals surface area contributed by atoms with Crippen LogP contribution in [0.4, 0.5) is 0 Å². The van der Waals surface area contributed by atoms with E-state index in [1.54, 1.807) is 6.92 Å². The van der Waals surface area contributed by atoms with Crippen LogP contribution in [0.25, 0.3) is 0 Å². The first kappa shape index (κ1) is 22.6. The second-order valence-corrected chi connectivity index (χ2v) is 6.11. The first-order valence-corrected chi connectivity index (χ1v) is 7.78. The van der Waals surface area contributed by atoms with Crippen LogP contribution in [-0.2, 0) is 18.9 Å². The van der Waals surface area contributed by atoms with Crippen molar-refractivity contribution in [3.63, 3.8) is 0 Å². The second-order valence-electron chi connectivity index (χ2n) is 6.11. The molecule has 2 aliphatic heterocycles. The molecule has 0 saturated carbocycles. The van der Waals surface area contributed by atoms with Crippen molar-refractivity contribution in [1.29, 1.82) is 0 Å². The molecule has 0 aromatic carbocycles. The lowest BCUT2D eigenvalue weighted by molar-refractivity contribution is -0.353. The highest BCUT2D eigenvalue weighted by atomic mass is 16.7. The third kappa shape index (κ3) is 4.48. The van der Waals surface area contributed by atoms with E-state index in [-0.39, 0.29) is 7.43 Å². The van der Waals surface area contributed by atoms with Crippen molar-refractivity contribution in [2.75, 3.05) is 20.3 Å². The summed E-state index contributed by atoms with van der Waals surface area (Å²) in [6.07, 6.45) is -11.2. The molecule has 10 nitrogen and oxygen atoms in total. The Morgan fingerprint density at radius 1 is 0.800 bits per heavy atom. The minimum atomic E-state index is -1.49. The fourth-order valence-corrected chi connectivity index (χ4v) is 2.96. The van der Waals surface area contributed by atoms with Crippen molar-refractivity contribution in [1.82, 2.24) is 0 Å². The number of aliphatic hydroxyl groups is 6. The zero-order chi connectivity index (χ0) is 18.0. The monoisotopic (exact) mass is 370 g/mol. The molecule has 0 aromatic rings. The van der Waals surface area contributed by atoms with Gasteiger partial charge in [-0.25, -0.2) is 0 Å². The van der Waals surface area contributed by atoms with Gasteiger partial charge in [0.25, 0.3) is 0 Å². The van der Waals surface area contributed by atoms with Gasteiger partial charge in [0.05, 0.1) is 25.4 Å². The third-order valence-electron chi connectivity index (χ3n) is 4.59. The molecule has 6 N–H and O–H groups in total. The smallest absolute Gasteiger partial charge is 0.187 e. The lowest BCUT2D eigenvalue weighted by atomic mass is 9.91. The number of aliphatic hydroxyl groups excluding tert-OH is 6. The maximum absolute atomic E-state index is 10.2. The zero-order valence-electron chi connectivity index (χ0n) is 13.5. The van der Waals surface area contributed by atoms with Crippen LogP contribution in [0.2, 0.25) is 0 Å². The fourth-order valence-electron chi connectivity index (χ4n) is 2.96. The van der Waals surface area contributed by atoms with Crippen LogP contribution in [-0.4, -0.2) is 106 Å². The summed E-state index contributed by atoms with van der Waals surface area (Å²) < 4.78 is 21.1. The molecule has 0 radical (unpaired) electrons. The normalized spacial score (nSPS) is 48.0. The van der Waals surface area contributed by atoms with Crippen molar-refractivity contribution in [2.24, 2.45) is 5.92 Å². The summed E-state index contributed by atoms with van der Waals surface area (Å²) >= 11 is 0. The number of ether oxygens (including phenoxy) is 4. The molecule has 0 aromatic heterocycles. The Balaban J connectivity index is 0.00000312. The van der Waals surface area contributed by atoms with Crippen LogP contribution in [0, 0.1) is 5.92 Å². The van der Waals surface area contributed by atoms with Gasteiger partial charge in [-0.15, -0.1) is 0 Å². The molecule has 2 aliphatic rings. The van der Waals surface area contributed by atoms with E-state index in [1.807, 2.05) is 0 Å². The molecule has 2 saturated heterocycles. The minimum Gasteiger partial charge on any atom is -0.394 e. The van der Waals surface area contributed by atoms with Gasteiger partial charge in [0, 0.05) is 13.0 Å². The molecule has 2 rings (SSSR count). The van der Waals surface area contributed by atoms with Crippen LogP contribution >= 0.6 is 0 Å². The van der Waals surface area contributed by atoms with Crippen LogP contribution in [0.1, 0.15) is 14.4 Å². The Morgan fingerprint density at radius 2 is 1.32 bits per heavy atom. The fraction of sp³-hybridized carbons (Fsp3) is 1.00. The van der Waals surface area contributed by atoms with Crippen molar-refractivity contribution < 1.29 is 49.6 Å². The van der Waals surface area contributed by atoms with Gasteiger partial charge < -0.3 is 49.6 Å². The first-order valence-electron chi connectivity index (χ1n) is 7.78. The molecule has 0 unspecified atom stereocenters. The summed E-state index contributed by atoms with van der Waals surface area (Å²) in [5.41, 5.74) is 0. The standard InChI is InChI=1S/C14H26O10.CH4/c1-5-6(3-15)22-14(10(19)8(5)17)24-12-7(4-16)23-13(21-2)11(20)9(12)18;/h5-20H,3-4H2,1-2H3;1H4/t5-,6-,7-,8+,9-,10-,11-,12-,13+,14-;/m1./s1. The molecule has 2 fully saturated rings. The molecule has 0 spiro atoms. The number of hydrogen-bond acceptors (Lipinski definition) is 10.